The van der Waals surface area contributed by atoms with Crippen LogP contribution in [0.2, 0.25) is 0 Å². The van der Waals surface area contributed by atoms with Gasteiger partial charge in [0.1, 0.15) is 4.21 Å². The number of benzene rings is 1. The van der Waals surface area contributed by atoms with Crippen molar-refractivity contribution in [2.24, 2.45) is 0 Å². The van der Waals surface area contributed by atoms with E-state index in [-0.39, 0.29) is 11.9 Å². The normalized spacial score (nSPS) is 15.5. The van der Waals surface area contributed by atoms with E-state index >= 15 is 0 Å². The Hall–Kier alpha value is -2.36. The maximum absolute atomic E-state index is 12.5. The van der Waals surface area contributed by atoms with E-state index < -0.39 is 10.0 Å². The molecule has 1 aromatic carbocycles. The van der Waals surface area contributed by atoms with Gasteiger partial charge in [-0.3, -0.25) is 4.79 Å². The van der Waals surface area contributed by atoms with Crippen LogP contribution in [-0.4, -0.2) is 52.1 Å². The summed E-state index contributed by atoms with van der Waals surface area (Å²) < 4.78 is 38.6. The van der Waals surface area contributed by atoms with Crippen molar-refractivity contribution in [3.05, 3.63) is 47.4 Å². The Labute approximate surface area is 181 Å². The predicted molar refractivity (Wildman–Crippen MR) is 117 cm³/mol. The van der Waals surface area contributed by atoms with Gasteiger partial charge < -0.3 is 14.4 Å². The van der Waals surface area contributed by atoms with Crippen LogP contribution >= 0.6 is 11.3 Å². The highest BCUT2D eigenvalue weighted by Crippen LogP contribution is 2.28. The lowest BCUT2D eigenvalue weighted by molar-refractivity contribution is -0.126. The molecule has 0 saturated carbocycles. The summed E-state index contributed by atoms with van der Waals surface area (Å²) in [5.74, 6) is 1.18. The Morgan fingerprint density at radius 1 is 1.27 bits per heavy atom. The number of ether oxygens (including phenoxy) is 2. The number of nitrogens with zero attached hydrogens (tertiary/aromatic N) is 1. The zero-order chi connectivity index (χ0) is 21.6. The molecule has 1 N–H and O–H groups in total. The molecule has 3 rings (SSSR count). The summed E-state index contributed by atoms with van der Waals surface area (Å²) in [7, 11) is -1.90. The van der Waals surface area contributed by atoms with E-state index in [9.17, 15) is 13.2 Å². The first kappa shape index (κ1) is 22.3. The molecule has 7 nitrogen and oxygen atoms in total. The van der Waals surface area contributed by atoms with Gasteiger partial charge in [-0.25, -0.2) is 13.1 Å². The van der Waals surface area contributed by atoms with E-state index in [4.69, 9.17) is 9.47 Å². The summed E-state index contributed by atoms with van der Waals surface area (Å²) in [5.41, 5.74) is 0.839. The number of carbonyl (C=O) groups is 1. The van der Waals surface area contributed by atoms with Gasteiger partial charge in [-0.15, -0.1) is 11.3 Å². The van der Waals surface area contributed by atoms with E-state index in [2.05, 4.69) is 4.72 Å². The van der Waals surface area contributed by atoms with Crippen molar-refractivity contribution >= 4 is 33.3 Å². The SMILES string of the molecule is CCOc1cc(/C=C/C(=O)N2CCC(NS(=O)(=O)c3cccs3)CC2)ccc1OC. The highest BCUT2D eigenvalue weighted by atomic mass is 32.2. The highest BCUT2D eigenvalue weighted by Gasteiger charge is 2.26. The highest BCUT2D eigenvalue weighted by molar-refractivity contribution is 7.91. The predicted octanol–water partition coefficient (Wildman–Crippen LogP) is 3.14. The van der Waals surface area contributed by atoms with Crippen LogP contribution in [-0.2, 0) is 14.8 Å². The molecule has 1 fully saturated rings. The lowest BCUT2D eigenvalue weighted by Crippen LogP contribution is -2.46. The Morgan fingerprint density at radius 2 is 2.03 bits per heavy atom. The third-order valence-corrected chi connectivity index (χ3v) is 7.71. The molecule has 1 aliphatic rings. The Bertz CT molecular complexity index is 979. The summed E-state index contributed by atoms with van der Waals surface area (Å²) in [6.07, 6.45) is 4.45. The van der Waals surface area contributed by atoms with E-state index in [1.165, 1.54) is 17.4 Å². The minimum Gasteiger partial charge on any atom is -0.493 e. The first-order valence-corrected chi connectivity index (χ1v) is 12.1. The summed E-state index contributed by atoms with van der Waals surface area (Å²) >= 11 is 1.19. The quantitative estimate of drug-likeness (QED) is 0.625. The Morgan fingerprint density at radius 3 is 2.67 bits per heavy atom. The van der Waals surface area contributed by atoms with Gasteiger partial charge in [0, 0.05) is 25.2 Å². The molecule has 30 heavy (non-hydrogen) atoms. The molecule has 2 aromatic rings. The van der Waals surface area contributed by atoms with Crippen LogP contribution < -0.4 is 14.2 Å². The van der Waals surface area contributed by atoms with Crippen LogP contribution in [0.4, 0.5) is 0 Å². The topological polar surface area (TPSA) is 84.9 Å². The van der Waals surface area contributed by atoms with Crippen molar-refractivity contribution < 1.29 is 22.7 Å². The number of rotatable bonds is 8. The van der Waals surface area contributed by atoms with Gasteiger partial charge in [-0.2, -0.15) is 0 Å². The number of likely N-dealkylation sites (tertiary alicyclic amines) is 1. The molecule has 0 radical (unpaired) electrons. The number of hydrogen-bond donors (Lipinski definition) is 1. The second kappa shape index (κ2) is 10.1. The molecule has 1 aliphatic heterocycles. The summed E-state index contributed by atoms with van der Waals surface area (Å²) in [6.45, 7) is 3.44. The minimum absolute atomic E-state index is 0.0941. The molecule has 0 bridgehead atoms. The van der Waals surface area contributed by atoms with Gasteiger partial charge in [-0.05, 0) is 55.0 Å². The molecule has 0 spiro atoms. The van der Waals surface area contributed by atoms with Crippen molar-refractivity contribution in [3.8, 4) is 11.5 Å². The van der Waals surface area contributed by atoms with Crippen molar-refractivity contribution in [1.29, 1.82) is 0 Å². The molecule has 1 aromatic heterocycles. The van der Waals surface area contributed by atoms with E-state index in [1.54, 1.807) is 41.7 Å². The number of sulfonamides is 1. The lowest BCUT2D eigenvalue weighted by atomic mass is 10.1. The monoisotopic (exact) mass is 450 g/mol. The van der Waals surface area contributed by atoms with Gasteiger partial charge in [0.05, 0.1) is 13.7 Å². The average Bonchev–Trinajstić information content (AvgIpc) is 3.29. The van der Waals surface area contributed by atoms with Crippen LogP contribution in [0, 0.1) is 0 Å². The van der Waals surface area contributed by atoms with Crippen LogP contribution in [0.5, 0.6) is 11.5 Å². The number of nitrogens with one attached hydrogen (secondary N) is 1. The third-order valence-electron chi connectivity index (χ3n) is 4.79. The number of thiophene rings is 1. The lowest BCUT2D eigenvalue weighted by Gasteiger charge is -2.31. The number of piperidine rings is 1. The molecule has 1 saturated heterocycles. The second-order valence-corrected chi connectivity index (χ2v) is 9.72. The maximum atomic E-state index is 12.5. The number of hydrogen-bond acceptors (Lipinski definition) is 6. The van der Waals surface area contributed by atoms with Gasteiger partial charge in [0.25, 0.3) is 0 Å². The standard InChI is InChI=1S/C21H26N2O5S2/c1-3-28-19-15-16(6-8-18(19)27-2)7-9-20(24)23-12-10-17(11-13-23)22-30(25,26)21-5-4-14-29-21/h4-9,14-15,17,22H,3,10-13H2,1-2H3/b9-7+. The molecule has 0 atom stereocenters. The van der Waals surface area contributed by atoms with Crippen LogP contribution in [0.25, 0.3) is 6.08 Å². The number of amides is 1. The first-order valence-electron chi connectivity index (χ1n) is 9.76. The fraction of sp³-hybridized carbons (Fsp3) is 0.381. The smallest absolute Gasteiger partial charge is 0.250 e. The Balaban J connectivity index is 1.55. The summed E-state index contributed by atoms with van der Waals surface area (Å²) in [6, 6.07) is 8.63. The Kier molecular flexibility index (Phi) is 7.52. The summed E-state index contributed by atoms with van der Waals surface area (Å²) in [5, 5.41) is 1.74. The fourth-order valence-electron chi connectivity index (χ4n) is 3.25. The first-order chi connectivity index (χ1) is 14.4. The zero-order valence-electron chi connectivity index (χ0n) is 17.0. The van der Waals surface area contributed by atoms with E-state index in [0.29, 0.717) is 48.2 Å². The van der Waals surface area contributed by atoms with Crippen LogP contribution in [0.3, 0.4) is 0 Å². The van der Waals surface area contributed by atoms with Gasteiger partial charge in [-0.1, -0.05) is 12.1 Å². The van der Waals surface area contributed by atoms with Crippen molar-refractivity contribution in [1.82, 2.24) is 9.62 Å². The molecule has 0 unspecified atom stereocenters. The van der Waals surface area contributed by atoms with Gasteiger partial charge in [0.15, 0.2) is 11.5 Å². The van der Waals surface area contributed by atoms with Gasteiger partial charge in [0.2, 0.25) is 15.9 Å². The fourth-order valence-corrected chi connectivity index (χ4v) is 5.56. The largest absolute Gasteiger partial charge is 0.493 e. The van der Waals surface area contributed by atoms with Crippen LogP contribution in [0.15, 0.2) is 46.0 Å². The molecular weight excluding hydrogens is 424 g/mol. The molecule has 1 amide bonds. The number of methoxy groups -OCH3 is 1. The molecule has 2 heterocycles. The van der Waals surface area contributed by atoms with Crippen molar-refractivity contribution in [2.45, 2.75) is 30.0 Å². The van der Waals surface area contributed by atoms with Crippen molar-refractivity contribution in [3.63, 3.8) is 0 Å². The maximum Gasteiger partial charge on any atom is 0.250 e. The second-order valence-electron chi connectivity index (χ2n) is 6.83. The number of carbonyl (C=O) groups excluding carboxylic acids is 1. The molecular formula is C21H26N2O5S2. The zero-order valence-corrected chi connectivity index (χ0v) is 18.7. The van der Waals surface area contributed by atoms with Gasteiger partial charge >= 0.3 is 0 Å². The van der Waals surface area contributed by atoms with Crippen LogP contribution in [0.1, 0.15) is 25.3 Å². The van der Waals surface area contributed by atoms with Crippen molar-refractivity contribution in [2.75, 3.05) is 26.8 Å². The molecule has 9 heteroatoms. The minimum atomic E-state index is -3.49. The summed E-state index contributed by atoms with van der Waals surface area (Å²) in [4.78, 5) is 14.3. The van der Waals surface area contributed by atoms with E-state index in [0.717, 1.165) is 5.56 Å². The average molecular weight is 451 g/mol. The third kappa shape index (κ3) is 5.62. The molecule has 162 valence electrons. The van der Waals surface area contributed by atoms with E-state index in [1.807, 2.05) is 19.1 Å². The molecule has 0 aliphatic carbocycles.